The van der Waals surface area contributed by atoms with Gasteiger partial charge in [0.15, 0.2) is 0 Å². The van der Waals surface area contributed by atoms with E-state index in [2.05, 4.69) is 4.98 Å². The maximum atomic E-state index is 12.0. The maximum Gasteiger partial charge on any atom is 0.240 e. The van der Waals surface area contributed by atoms with E-state index in [0.717, 1.165) is 0 Å². The quantitative estimate of drug-likeness (QED) is 0.750. The molecular weight excluding hydrogens is 176 g/mol. The number of aromatic nitrogens is 1. The zero-order valence-corrected chi connectivity index (χ0v) is 6.95. The summed E-state index contributed by atoms with van der Waals surface area (Å²) in [7, 11) is 0. The van der Waals surface area contributed by atoms with Crippen LogP contribution in [-0.2, 0) is 0 Å². The van der Waals surface area contributed by atoms with Gasteiger partial charge in [-0.15, -0.1) is 0 Å². The lowest BCUT2D eigenvalue weighted by Gasteiger charge is -2.12. The summed E-state index contributed by atoms with van der Waals surface area (Å²) in [5.74, 6) is 0.218. The number of hydrogen-bond donors (Lipinski definition) is 2. The molecule has 0 spiro atoms. The van der Waals surface area contributed by atoms with Gasteiger partial charge in [0.2, 0.25) is 6.43 Å². The fourth-order valence-electron chi connectivity index (χ4n) is 1.06. The van der Waals surface area contributed by atoms with Crippen molar-refractivity contribution in [1.82, 2.24) is 4.98 Å². The lowest BCUT2D eigenvalue weighted by Crippen LogP contribution is -2.16. The fourth-order valence-corrected chi connectivity index (χ4v) is 1.06. The first-order valence-corrected chi connectivity index (χ1v) is 3.85. The van der Waals surface area contributed by atoms with Crippen molar-refractivity contribution >= 4 is 5.82 Å². The Hall–Kier alpha value is -1.23. The van der Waals surface area contributed by atoms with Gasteiger partial charge in [0.05, 0.1) is 0 Å². The number of hydrogen-bond acceptors (Lipinski definition) is 3. The Kier molecular flexibility index (Phi) is 3.13. The minimum absolute atomic E-state index is 0.218. The molecule has 1 rings (SSSR count). The minimum atomic E-state index is -2.42. The van der Waals surface area contributed by atoms with Gasteiger partial charge in [-0.2, -0.15) is 0 Å². The van der Waals surface area contributed by atoms with E-state index in [1.54, 1.807) is 12.1 Å². The van der Waals surface area contributed by atoms with Gasteiger partial charge in [-0.25, -0.2) is 13.8 Å². The molecule has 0 aromatic carbocycles. The average molecular weight is 187 g/mol. The third kappa shape index (κ3) is 2.62. The van der Waals surface area contributed by atoms with Crippen LogP contribution in [0.2, 0.25) is 0 Å². The molecule has 0 bridgehead atoms. The second kappa shape index (κ2) is 4.13. The molecule has 3 nitrogen and oxygen atoms in total. The monoisotopic (exact) mass is 187 g/mol. The zero-order chi connectivity index (χ0) is 9.84. The van der Waals surface area contributed by atoms with Gasteiger partial charge in [-0.1, -0.05) is 6.07 Å². The van der Waals surface area contributed by atoms with E-state index in [4.69, 9.17) is 11.5 Å². The number of nitrogens with zero attached hydrogens (tertiary/aromatic N) is 1. The van der Waals surface area contributed by atoms with E-state index in [1.807, 2.05) is 0 Å². The summed E-state index contributed by atoms with van der Waals surface area (Å²) in [5.41, 5.74) is 11.4. The van der Waals surface area contributed by atoms with E-state index in [9.17, 15) is 8.78 Å². The second-order valence-electron chi connectivity index (χ2n) is 2.71. The van der Waals surface area contributed by atoms with Gasteiger partial charge in [-0.3, -0.25) is 0 Å². The molecule has 0 aliphatic carbocycles. The van der Waals surface area contributed by atoms with Crippen molar-refractivity contribution in [2.24, 2.45) is 5.73 Å². The van der Waals surface area contributed by atoms with Crippen LogP contribution < -0.4 is 11.5 Å². The zero-order valence-electron chi connectivity index (χ0n) is 6.95. The number of halogens is 2. The molecule has 0 unspecified atom stereocenters. The first kappa shape index (κ1) is 9.85. The van der Waals surface area contributed by atoms with E-state index < -0.39 is 18.9 Å². The second-order valence-corrected chi connectivity index (χ2v) is 2.71. The van der Waals surface area contributed by atoms with Crippen molar-refractivity contribution in [2.45, 2.75) is 18.9 Å². The highest BCUT2D eigenvalue weighted by molar-refractivity contribution is 5.40. The maximum absolute atomic E-state index is 12.0. The van der Waals surface area contributed by atoms with Gasteiger partial charge in [0.25, 0.3) is 0 Å². The Labute approximate surface area is 74.8 Å². The molecule has 0 saturated carbocycles. The first-order chi connectivity index (χ1) is 6.11. The van der Waals surface area contributed by atoms with E-state index >= 15 is 0 Å². The number of anilines is 1. The highest BCUT2D eigenvalue weighted by atomic mass is 19.3. The summed E-state index contributed by atoms with van der Waals surface area (Å²) in [6.45, 7) is 0. The number of pyridine rings is 1. The standard InChI is InChI=1S/C8H11F2N3/c9-7(10)4-6(11)5-2-1-3-13-8(5)12/h1-3,6-7H,4,11H2,(H2,12,13)/t6-/m1/s1. The summed E-state index contributed by atoms with van der Waals surface area (Å²) < 4.78 is 23.9. The molecule has 72 valence electrons. The minimum Gasteiger partial charge on any atom is -0.383 e. The molecule has 4 N–H and O–H groups in total. The third-order valence-corrected chi connectivity index (χ3v) is 1.70. The van der Waals surface area contributed by atoms with Crippen LogP contribution in [-0.4, -0.2) is 11.4 Å². The van der Waals surface area contributed by atoms with E-state index in [0.29, 0.717) is 5.56 Å². The molecule has 0 saturated heterocycles. The Morgan fingerprint density at radius 3 is 2.69 bits per heavy atom. The van der Waals surface area contributed by atoms with Gasteiger partial charge in [0, 0.05) is 24.2 Å². The lowest BCUT2D eigenvalue weighted by atomic mass is 10.1. The largest absolute Gasteiger partial charge is 0.383 e. The lowest BCUT2D eigenvalue weighted by molar-refractivity contribution is 0.128. The van der Waals surface area contributed by atoms with Gasteiger partial charge >= 0.3 is 0 Å². The third-order valence-electron chi connectivity index (χ3n) is 1.70. The van der Waals surface area contributed by atoms with Crippen LogP contribution in [0.3, 0.4) is 0 Å². The molecule has 0 amide bonds. The summed E-state index contributed by atoms with van der Waals surface area (Å²) in [4.78, 5) is 3.76. The summed E-state index contributed by atoms with van der Waals surface area (Å²) in [6, 6.07) is 2.49. The molecule has 0 aliphatic rings. The van der Waals surface area contributed by atoms with E-state index in [-0.39, 0.29) is 5.82 Å². The van der Waals surface area contributed by atoms with Crippen LogP contribution in [0.4, 0.5) is 14.6 Å². The smallest absolute Gasteiger partial charge is 0.240 e. The highest BCUT2D eigenvalue weighted by Gasteiger charge is 2.14. The van der Waals surface area contributed by atoms with Gasteiger partial charge in [0.1, 0.15) is 5.82 Å². The van der Waals surface area contributed by atoms with Crippen LogP contribution in [0, 0.1) is 0 Å². The molecule has 0 aliphatic heterocycles. The molecular formula is C8H11F2N3. The molecule has 1 heterocycles. The Bertz CT molecular complexity index is 278. The molecule has 13 heavy (non-hydrogen) atoms. The Morgan fingerprint density at radius 2 is 2.15 bits per heavy atom. The number of nitrogen functional groups attached to an aromatic ring is 1. The summed E-state index contributed by atoms with van der Waals surface area (Å²) in [6.07, 6.45) is -1.32. The van der Waals surface area contributed by atoms with Crippen molar-refractivity contribution in [3.05, 3.63) is 23.9 Å². The molecule has 0 fully saturated rings. The van der Waals surface area contributed by atoms with Crippen molar-refractivity contribution < 1.29 is 8.78 Å². The van der Waals surface area contributed by atoms with Crippen molar-refractivity contribution in [1.29, 1.82) is 0 Å². The topological polar surface area (TPSA) is 64.9 Å². The van der Waals surface area contributed by atoms with Crippen molar-refractivity contribution in [3.8, 4) is 0 Å². The van der Waals surface area contributed by atoms with Crippen LogP contribution in [0.5, 0.6) is 0 Å². The van der Waals surface area contributed by atoms with Crippen molar-refractivity contribution in [2.75, 3.05) is 5.73 Å². The molecule has 1 atom stereocenters. The fraction of sp³-hybridized carbons (Fsp3) is 0.375. The Balaban J connectivity index is 2.76. The normalized spacial score (nSPS) is 13.2. The van der Waals surface area contributed by atoms with Crippen LogP contribution in [0.25, 0.3) is 0 Å². The predicted octanol–water partition coefficient (Wildman–Crippen LogP) is 1.32. The van der Waals surface area contributed by atoms with E-state index in [1.165, 1.54) is 6.20 Å². The van der Waals surface area contributed by atoms with Gasteiger partial charge in [-0.05, 0) is 6.07 Å². The van der Waals surface area contributed by atoms with Crippen LogP contribution >= 0.6 is 0 Å². The predicted molar refractivity (Wildman–Crippen MR) is 46.2 cm³/mol. The number of rotatable bonds is 3. The highest BCUT2D eigenvalue weighted by Crippen LogP contribution is 2.21. The number of alkyl halides is 2. The van der Waals surface area contributed by atoms with Gasteiger partial charge < -0.3 is 11.5 Å². The van der Waals surface area contributed by atoms with Crippen LogP contribution in [0.15, 0.2) is 18.3 Å². The molecule has 1 aromatic rings. The Morgan fingerprint density at radius 1 is 1.46 bits per heavy atom. The average Bonchev–Trinajstić information content (AvgIpc) is 2.03. The molecule has 0 radical (unpaired) electrons. The summed E-state index contributed by atoms with van der Waals surface area (Å²) in [5, 5.41) is 0. The van der Waals surface area contributed by atoms with Crippen LogP contribution in [0.1, 0.15) is 18.0 Å². The number of nitrogens with two attached hydrogens (primary N) is 2. The van der Waals surface area contributed by atoms with Crippen molar-refractivity contribution in [3.63, 3.8) is 0 Å². The SMILES string of the molecule is Nc1ncccc1[C@H](N)CC(F)F. The summed E-state index contributed by atoms with van der Waals surface area (Å²) >= 11 is 0. The molecule has 5 heteroatoms. The molecule has 1 aromatic heterocycles. The first-order valence-electron chi connectivity index (χ1n) is 3.85.